The second-order valence-electron chi connectivity index (χ2n) is 3.06. The highest BCUT2D eigenvalue weighted by atomic mass is 32.1. The Labute approximate surface area is 90.3 Å². The summed E-state index contributed by atoms with van der Waals surface area (Å²) in [6, 6.07) is 0. The third-order valence-electron chi connectivity index (χ3n) is 2.11. The standard InChI is InChI=1S/C7H11N5O2S/c8-9-7-5(10-11-15-7)3-12-1-2-14-4-6(12)13/h9H,1-4,8H2. The maximum absolute atomic E-state index is 11.4. The largest absolute Gasteiger partial charge is 0.370 e. The molecular formula is C7H11N5O2S. The van der Waals surface area contributed by atoms with Crippen LogP contribution in [0.3, 0.4) is 0 Å². The molecule has 1 aromatic heterocycles. The van der Waals surface area contributed by atoms with E-state index < -0.39 is 0 Å². The van der Waals surface area contributed by atoms with Crippen molar-refractivity contribution in [3.8, 4) is 0 Å². The average molecular weight is 229 g/mol. The summed E-state index contributed by atoms with van der Waals surface area (Å²) in [5.74, 6) is 5.26. The topological polar surface area (TPSA) is 93.4 Å². The van der Waals surface area contributed by atoms with Gasteiger partial charge in [0.1, 0.15) is 17.3 Å². The number of nitrogen functional groups attached to an aromatic ring is 1. The van der Waals surface area contributed by atoms with Crippen LogP contribution in [-0.2, 0) is 16.1 Å². The third-order valence-corrected chi connectivity index (χ3v) is 2.81. The molecule has 1 saturated heterocycles. The van der Waals surface area contributed by atoms with Crippen LogP contribution in [0.25, 0.3) is 0 Å². The van der Waals surface area contributed by atoms with E-state index >= 15 is 0 Å². The second-order valence-corrected chi connectivity index (χ2v) is 3.82. The number of carbonyl (C=O) groups is 1. The number of hydrogen-bond donors (Lipinski definition) is 2. The number of aromatic nitrogens is 2. The molecule has 0 spiro atoms. The highest BCUT2D eigenvalue weighted by Gasteiger charge is 2.21. The molecule has 82 valence electrons. The Kier molecular flexibility index (Phi) is 3.09. The minimum Gasteiger partial charge on any atom is -0.370 e. The number of hydrazine groups is 1. The molecule has 1 amide bonds. The van der Waals surface area contributed by atoms with Crippen molar-refractivity contribution in [3.05, 3.63) is 5.69 Å². The number of carbonyl (C=O) groups excluding carboxylic acids is 1. The monoisotopic (exact) mass is 229 g/mol. The summed E-state index contributed by atoms with van der Waals surface area (Å²) in [6.45, 7) is 1.72. The lowest BCUT2D eigenvalue weighted by atomic mass is 10.3. The Morgan fingerprint density at radius 2 is 2.53 bits per heavy atom. The first-order valence-electron chi connectivity index (χ1n) is 4.44. The Bertz CT molecular complexity index is 355. The van der Waals surface area contributed by atoms with Crippen molar-refractivity contribution in [2.45, 2.75) is 6.54 Å². The molecule has 2 rings (SSSR count). The summed E-state index contributed by atoms with van der Waals surface area (Å²) >= 11 is 1.17. The normalized spacial score (nSPS) is 16.9. The lowest BCUT2D eigenvalue weighted by Gasteiger charge is -2.25. The van der Waals surface area contributed by atoms with Gasteiger partial charge in [-0.25, -0.2) is 5.84 Å². The van der Waals surface area contributed by atoms with E-state index in [0.29, 0.717) is 30.4 Å². The smallest absolute Gasteiger partial charge is 0.249 e. The van der Waals surface area contributed by atoms with Gasteiger partial charge in [-0.05, 0) is 0 Å². The van der Waals surface area contributed by atoms with Crippen LogP contribution in [-0.4, -0.2) is 40.2 Å². The van der Waals surface area contributed by atoms with Crippen LogP contribution in [0, 0.1) is 0 Å². The molecule has 0 bridgehead atoms. The van der Waals surface area contributed by atoms with Crippen LogP contribution in [0.15, 0.2) is 0 Å². The molecule has 0 unspecified atom stereocenters. The third kappa shape index (κ3) is 2.22. The molecule has 15 heavy (non-hydrogen) atoms. The van der Waals surface area contributed by atoms with Crippen molar-refractivity contribution in [3.63, 3.8) is 0 Å². The van der Waals surface area contributed by atoms with Gasteiger partial charge in [0, 0.05) is 18.1 Å². The van der Waals surface area contributed by atoms with Gasteiger partial charge in [0.05, 0.1) is 13.2 Å². The van der Waals surface area contributed by atoms with Crippen LogP contribution < -0.4 is 11.3 Å². The summed E-state index contributed by atoms with van der Waals surface area (Å²) in [5.41, 5.74) is 3.20. The van der Waals surface area contributed by atoms with Crippen molar-refractivity contribution >= 4 is 22.4 Å². The van der Waals surface area contributed by atoms with Crippen LogP contribution in [0.4, 0.5) is 5.00 Å². The van der Waals surface area contributed by atoms with Crippen LogP contribution in [0.1, 0.15) is 5.69 Å². The minimum absolute atomic E-state index is 0.0304. The van der Waals surface area contributed by atoms with E-state index in [1.165, 1.54) is 11.5 Å². The SMILES string of the molecule is NNc1snnc1CN1CCOCC1=O. The number of morpholine rings is 1. The van der Waals surface area contributed by atoms with Gasteiger partial charge in [0.25, 0.3) is 0 Å². The molecule has 3 N–H and O–H groups in total. The molecule has 0 saturated carbocycles. The van der Waals surface area contributed by atoms with E-state index in [1.807, 2.05) is 0 Å². The van der Waals surface area contributed by atoms with Gasteiger partial charge in [-0.2, -0.15) is 0 Å². The van der Waals surface area contributed by atoms with E-state index in [9.17, 15) is 4.79 Å². The molecule has 2 heterocycles. The molecule has 1 aliphatic rings. The maximum Gasteiger partial charge on any atom is 0.249 e. The van der Waals surface area contributed by atoms with Gasteiger partial charge in [-0.15, -0.1) is 5.10 Å². The van der Waals surface area contributed by atoms with Crippen molar-refractivity contribution in [1.29, 1.82) is 0 Å². The molecule has 0 aliphatic carbocycles. The van der Waals surface area contributed by atoms with Crippen LogP contribution in [0.5, 0.6) is 0 Å². The Morgan fingerprint density at radius 1 is 1.67 bits per heavy atom. The van der Waals surface area contributed by atoms with Gasteiger partial charge in [-0.1, -0.05) is 4.49 Å². The second kappa shape index (κ2) is 4.51. The number of rotatable bonds is 3. The number of anilines is 1. The number of hydrogen-bond acceptors (Lipinski definition) is 7. The first-order valence-corrected chi connectivity index (χ1v) is 5.22. The van der Waals surface area contributed by atoms with E-state index in [1.54, 1.807) is 4.90 Å². The van der Waals surface area contributed by atoms with Crippen molar-refractivity contribution in [1.82, 2.24) is 14.5 Å². The zero-order chi connectivity index (χ0) is 10.7. The molecule has 0 atom stereocenters. The fraction of sp³-hybridized carbons (Fsp3) is 0.571. The predicted molar refractivity (Wildman–Crippen MR) is 54.0 cm³/mol. The maximum atomic E-state index is 11.4. The molecule has 1 fully saturated rings. The van der Waals surface area contributed by atoms with Crippen LogP contribution in [0.2, 0.25) is 0 Å². The number of amides is 1. The molecule has 1 aliphatic heterocycles. The van der Waals surface area contributed by atoms with Crippen molar-refractivity contribution < 1.29 is 9.53 Å². The quantitative estimate of drug-likeness (QED) is 0.519. The summed E-state index contributed by atoms with van der Waals surface area (Å²) in [5, 5.41) is 4.60. The van der Waals surface area contributed by atoms with Gasteiger partial charge in [0.15, 0.2) is 0 Å². The highest BCUT2D eigenvalue weighted by Crippen LogP contribution is 2.18. The summed E-state index contributed by atoms with van der Waals surface area (Å²) in [7, 11) is 0. The molecular weight excluding hydrogens is 218 g/mol. The Balaban J connectivity index is 2.04. The zero-order valence-corrected chi connectivity index (χ0v) is 8.79. The van der Waals surface area contributed by atoms with E-state index in [4.69, 9.17) is 10.6 Å². The van der Waals surface area contributed by atoms with Gasteiger partial charge >= 0.3 is 0 Å². The number of nitrogens with zero attached hydrogens (tertiary/aromatic N) is 3. The van der Waals surface area contributed by atoms with Crippen molar-refractivity contribution in [2.75, 3.05) is 25.2 Å². The van der Waals surface area contributed by atoms with E-state index in [0.717, 1.165) is 0 Å². The highest BCUT2D eigenvalue weighted by molar-refractivity contribution is 7.10. The lowest BCUT2D eigenvalue weighted by Crippen LogP contribution is -2.41. The van der Waals surface area contributed by atoms with Gasteiger partial charge < -0.3 is 15.1 Å². The molecule has 0 radical (unpaired) electrons. The number of ether oxygens (including phenoxy) is 1. The van der Waals surface area contributed by atoms with E-state index in [-0.39, 0.29) is 12.5 Å². The predicted octanol–water partition coefficient (Wildman–Crippen LogP) is -0.818. The van der Waals surface area contributed by atoms with Gasteiger partial charge in [0.2, 0.25) is 5.91 Å². The van der Waals surface area contributed by atoms with Crippen LogP contribution >= 0.6 is 11.5 Å². The zero-order valence-electron chi connectivity index (χ0n) is 7.97. The molecule has 0 aromatic carbocycles. The minimum atomic E-state index is -0.0304. The molecule has 8 heteroatoms. The fourth-order valence-electron chi connectivity index (χ4n) is 1.32. The summed E-state index contributed by atoms with van der Waals surface area (Å²) in [6.07, 6.45) is 0. The molecule has 7 nitrogen and oxygen atoms in total. The fourth-order valence-corrected chi connectivity index (χ4v) is 1.80. The van der Waals surface area contributed by atoms with E-state index in [2.05, 4.69) is 15.0 Å². The summed E-state index contributed by atoms with van der Waals surface area (Å²) in [4.78, 5) is 13.1. The number of nitrogens with two attached hydrogens (primary N) is 1. The lowest BCUT2D eigenvalue weighted by molar-refractivity contribution is -0.143. The van der Waals surface area contributed by atoms with Gasteiger partial charge in [-0.3, -0.25) is 4.79 Å². The first kappa shape index (κ1) is 10.3. The summed E-state index contributed by atoms with van der Waals surface area (Å²) < 4.78 is 8.79. The first-order chi connectivity index (χ1) is 7.31. The van der Waals surface area contributed by atoms with Crippen molar-refractivity contribution in [2.24, 2.45) is 5.84 Å². The Hall–Kier alpha value is -1.25. The molecule has 1 aromatic rings. The number of nitrogens with one attached hydrogen (secondary N) is 1. The average Bonchev–Trinajstić information content (AvgIpc) is 2.69. The Morgan fingerprint density at radius 3 is 3.27 bits per heavy atom.